The van der Waals surface area contributed by atoms with Crippen LogP contribution in [0.5, 0.6) is 11.6 Å². The zero-order chi connectivity index (χ0) is 20.2. The number of benzene rings is 1. The molecular formula is C21H21N3O5. The molecule has 1 fully saturated rings. The second-order valence-corrected chi connectivity index (χ2v) is 6.64. The Hall–Kier alpha value is -3.39. The van der Waals surface area contributed by atoms with Gasteiger partial charge in [0.15, 0.2) is 5.76 Å². The van der Waals surface area contributed by atoms with Crippen LogP contribution >= 0.6 is 0 Å². The van der Waals surface area contributed by atoms with Crippen molar-refractivity contribution >= 4 is 5.71 Å². The van der Waals surface area contributed by atoms with Crippen LogP contribution in [-0.4, -0.2) is 46.3 Å². The Labute approximate surface area is 167 Å². The van der Waals surface area contributed by atoms with Gasteiger partial charge in [0.2, 0.25) is 11.8 Å². The van der Waals surface area contributed by atoms with Crippen molar-refractivity contribution in [3.05, 3.63) is 48.5 Å². The third-order valence-electron chi connectivity index (χ3n) is 4.61. The third-order valence-corrected chi connectivity index (χ3v) is 4.61. The minimum atomic E-state index is -0.0493. The van der Waals surface area contributed by atoms with Gasteiger partial charge < -0.3 is 24.2 Å². The molecule has 1 aromatic carbocycles. The number of ether oxygens (including phenoxy) is 2. The highest BCUT2D eigenvalue weighted by Gasteiger charge is 2.33. The summed E-state index contributed by atoms with van der Waals surface area (Å²) in [5.74, 6) is 2.16. The van der Waals surface area contributed by atoms with Crippen molar-refractivity contribution in [2.75, 3.05) is 20.3 Å². The van der Waals surface area contributed by atoms with Crippen molar-refractivity contribution in [1.82, 2.24) is 9.97 Å². The maximum Gasteiger partial charge on any atom is 0.245 e. The Morgan fingerprint density at radius 3 is 2.52 bits per heavy atom. The van der Waals surface area contributed by atoms with Crippen LogP contribution in [0.3, 0.4) is 0 Å². The van der Waals surface area contributed by atoms with Gasteiger partial charge in [0.05, 0.1) is 13.7 Å². The molecule has 1 saturated carbocycles. The van der Waals surface area contributed by atoms with E-state index in [4.69, 9.17) is 19.0 Å². The summed E-state index contributed by atoms with van der Waals surface area (Å²) >= 11 is 0. The summed E-state index contributed by atoms with van der Waals surface area (Å²) in [5.41, 5.74) is 2.60. The van der Waals surface area contributed by atoms with Crippen LogP contribution in [0.1, 0.15) is 18.7 Å². The lowest BCUT2D eigenvalue weighted by atomic mass is 10.1. The molecule has 0 amide bonds. The fourth-order valence-electron chi connectivity index (χ4n) is 2.98. The van der Waals surface area contributed by atoms with Gasteiger partial charge in [0, 0.05) is 29.3 Å². The van der Waals surface area contributed by atoms with Gasteiger partial charge in [-0.15, -0.1) is 0 Å². The molecule has 2 N–H and O–H groups in total. The summed E-state index contributed by atoms with van der Waals surface area (Å²) in [6.45, 7) is 0.179. The number of aliphatic hydroxyl groups excluding tert-OH is 1. The molecule has 2 heterocycles. The van der Waals surface area contributed by atoms with E-state index in [1.54, 1.807) is 31.5 Å². The first-order valence-corrected chi connectivity index (χ1v) is 9.31. The van der Waals surface area contributed by atoms with Gasteiger partial charge in [-0.25, -0.2) is 9.97 Å². The molecule has 0 unspecified atom stereocenters. The lowest BCUT2D eigenvalue weighted by Gasteiger charge is -2.06. The first kappa shape index (κ1) is 18.9. The minimum Gasteiger partial charge on any atom is -0.491 e. The Morgan fingerprint density at radius 2 is 1.93 bits per heavy atom. The van der Waals surface area contributed by atoms with Gasteiger partial charge in [-0.3, -0.25) is 0 Å². The average Bonchev–Trinajstić information content (AvgIpc) is 3.51. The van der Waals surface area contributed by atoms with Gasteiger partial charge in [-0.1, -0.05) is 5.16 Å². The van der Waals surface area contributed by atoms with Crippen molar-refractivity contribution in [3.63, 3.8) is 0 Å². The second kappa shape index (κ2) is 8.32. The van der Waals surface area contributed by atoms with Gasteiger partial charge in [0.25, 0.3) is 0 Å². The topological polar surface area (TPSA) is 110 Å². The third kappa shape index (κ3) is 4.07. The Kier molecular flexibility index (Phi) is 5.44. The molecule has 1 aliphatic rings. The smallest absolute Gasteiger partial charge is 0.245 e. The number of aromatic nitrogens is 2. The summed E-state index contributed by atoms with van der Waals surface area (Å²) in [6, 6.07) is 10.9. The quantitative estimate of drug-likeness (QED) is 0.342. The largest absolute Gasteiger partial charge is 0.491 e. The van der Waals surface area contributed by atoms with E-state index >= 15 is 0 Å². The van der Waals surface area contributed by atoms with Crippen LogP contribution in [-0.2, 0) is 0 Å². The van der Waals surface area contributed by atoms with Crippen LogP contribution < -0.4 is 9.47 Å². The summed E-state index contributed by atoms with van der Waals surface area (Å²) in [6.07, 6.45) is 3.57. The summed E-state index contributed by atoms with van der Waals surface area (Å²) in [5, 5.41) is 21.8. The molecule has 3 aromatic rings. The monoisotopic (exact) mass is 395 g/mol. The minimum absolute atomic E-state index is 0.0493. The summed E-state index contributed by atoms with van der Waals surface area (Å²) in [7, 11) is 1.56. The average molecular weight is 395 g/mol. The number of rotatable bonds is 8. The molecule has 0 spiro atoms. The van der Waals surface area contributed by atoms with E-state index in [1.165, 1.54) is 0 Å². The number of methoxy groups -OCH3 is 1. The molecule has 4 rings (SSSR count). The van der Waals surface area contributed by atoms with Crippen molar-refractivity contribution in [1.29, 1.82) is 0 Å². The zero-order valence-corrected chi connectivity index (χ0v) is 15.9. The number of pyridine rings is 1. The molecule has 0 bridgehead atoms. The molecule has 8 heteroatoms. The van der Waals surface area contributed by atoms with Crippen LogP contribution in [0.4, 0.5) is 0 Å². The van der Waals surface area contributed by atoms with Crippen molar-refractivity contribution in [2.45, 2.75) is 12.8 Å². The van der Waals surface area contributed by atoms with Crippen LogP contribution in [0.25, 0.3) is 22.6 Å². The van der Waals surface area contributed by atoms with Crippen molar-refractivity contribution < 1.29 is 24.2 Å². The predicted octanol–water partition coefficient (Wildman–Crippen LogP) is 3.37. The maximum atomic E-state index is 9.44. The molecule has 0 aliphatic heterocycles. The Balaban J connectivity index is 1.74. The number of aliphatic hydroxyl groups is 1. The zero-order valence-electron chi connectivity index (χ0n) is 15.9. The predicted molar refractivity (Wildman–Crippen MR) is 105 cm³/mol. The van der Waals surface area contributed by atoms with E-state index < -0.39 is 0 Å². The van der Waals surface area contributed by atoms with Crippen molar-refractivity contribution in [3.8, 4) is 34.2 Å². The lowest BCUT2D eigenvalue weighted by molar-refractivity contribution is 0.201. The molecular weight excluding hydrogens is 374 g/mol. The number of oxime groups is 1. The summed E-state index contributed by atoms with van der Waals surface area (Å²) < 4.78 is 16.6. The number of hydrogen-bond acceptors (Lipinski definition) is 8. The van der Waals surface area contributed by atoms with E-state index in [9.17, 15) is 5.21 Å². The van der Waals surface area contributed by atoms with Crippen LogP contribution in [0.2, 0.25) is 0 Å². The van der Waals surface area contributed by atoms with E-state index in [0.717, 1.165) is 24.0 Å². The molecule has 2 aromatic heterocycles. The van der Waals surface area contributed by atoms with Crippen LogP contribution in [0, 0.1) is 5.92 Å². The molecule has 0 saturated heterocycles. The lowest BCUT2D eigenvalue weighted by Crippen LogP contribution is -2.03. The fourth-order valence-corrected chi connectivity index (χ4v) is 2.98. The molecule has 1 aliphatic carbocycles. The van der Waals surface area contributed by atoms with Crippen LogP contribution in [0.15, 0.2) is 52.2 Å². The Morgan fingerprint density at radius 1 is 1.17 bits per heavy atom. The number of nitrogens with zero attached hydrogens (tertiary/aromatic N) is 3. The van der Waals surface area contributed by atoms with Crippen molar-refractivity contribution in [2.24, 2.45) is 11.1 Å². The SMILES string of the molecule is COc1ccc(-c2nc(/C(=N\O)C3CC3)oc2-c2ccc(OCCO)cc2)cn1. The highest BCUT2D eigenvalue weighted by molar-refractivity contribution is 6.00. The van der Waals surface area contributed by atoms with Gasteiger partial charge in [-0.05, 0) is 43.2 Å². The fraction of sp³-hybridized carbons (Fsp3) is 0.286. The highest BCUT2D eigenvalue weighted by atomic mass is 16.5. The molecule has 150 valence electrons. The highest BCUT2D eigenvalue weighted by Crippen LogP contribution is 2.38. The molecule has 8 nitrogen and oxygen atoms in total. The molecule has 0 atom stereocenters. The molecule has 0 radical (unpaired) electrons. The van der Waals surface area contributed by atoms with Gasteiger partial charge in [-0.2, -0.15) is 0 Å². The molecule has 29 heavy (non-hydrogen) atoms. The first-order valence-electron chi connectivity index (χ1n) is 9.31. The number of oxazole rings is 1. The van der Waals surface area contributed by atoms with E-state index in [-0.39, 0.29) is 19.1 Å². The normalized spacial score (nSPS) is 14.1. The van der Waals surface area contributed by atoms with E-state index in [1.807, 2.05) is 18.2 Å². The van der Waals surface area contributed by atoms with E-state index in [0.29, 0.717) is 34.7 Å². The van der Waals surface area contributed by atoms with E-state index in [2.05, 4.69) is 15.1 Å². The second-order valence-electron chi connectivity index (χ2n) is 6.64. The Bertz CT molecular complexity index is 992. The standard InChI is InChI=1S/C21H21N3O5/c1-27-17-9-6-15(12-22-17)18-20(14-4-7-16(8-5-14)28-11-10-25)29-21(23-18)19(24-26)13-2-3-13/h4-9,12-13,25-26H,2-3,10-11H2,1H3/b24-19-. The van der Waals surface area contributed by atoms with Gasteiger partial charge in [0.1, 0.15) is 23.8 Å². The first-order chi connectivity index (χ1) is 14.2. The summed E-state index contributed by atoms with van der Waals surface area (Å²) in [4.78, 5) is 8.86. The number of hydrogen-bond donors (Lipinski definition) is 2. The van der Waals surface area contributed by atoms with Gasteiger partial charge >= 0.3 is 0 Å². The maximum absolute atomic E-state index is 9.44.